The van der Waals surface area contributed by atoms with Crippen molar-refractivity contribution in [2.75, 3.05) is 0 Å². The van der Waals surface area contributed by atoms with Crippen molar-refractivity contribution in [2.24, 2.45) is 0 Å². The van der Waals surface area contributed by atoms with E-state index in [9.17, 15) is 0 Å². The maximum atomic E-state index is 4.19. The number of aliphatic imine (C=N–C) groups is 1. The Morgan fingerprint density at radius 3 is 2.70 bits per heavy atom. The van der Waals surface area contributed by atoms with Crippen LogP contribution in [0.3, 0.4) is 0 Å². The smallest absolute Gasteiger partial charge is 0.0620 e. The average Bonchev–Trinajstić information content (AvgIpc) is 2.05. The Kier molecular flexibility index (Phi) is 1.28. The fraction of sp³-hybridized carbons (Fsp3) is 0.222. The fourth-order valence-electron chi connectivity index (χ4n) is 1.24. The molecule has 1 heteroatoms. The highest BCUT2D eigenvalue weighted by Crippen LogP contribution is 2.09. The first-order valence-electron chi connectivity index (χ1n) is 3.52. The topological polar surface area (TPSA) is 14.1 Å². The van der Waals surface area contributed by atoms with Crippen LogP contribution in [0.15, 0.2) is 24.3 Å². The van der Waals surface area contributed by atoms with Gasteiger partial charge in [0.2, 0.25) is 12.8 Å². The first kappa shape index (κ1) is 5.66. The van der Waals surface area contributed by atoms with E-state index in [1.54, 1.807) is 0 Å². The summed E-state index contributed by atoms with van der Waals surface area (Å²) in [5, 5.41) is 0. The van der Waals surface area contributed by atoms with E-state index >= 15 is 0 Å². The lowest BCUT2D eigenvalue weighted by Crippen LogP contribution is -2.07. The molecule has 0 saturated carbocycles. The fourth-order valence-corrected chi connectivity index (χ4v) is 1.24. The monoisotopic (exact) mass is 131 g/mol. The predicted molar refractivity (Wildman–Crippen MR) is 42.0 cm³/mol. The van der Waals surface area contributed by atoms with Gasteiger partial charge in [0.15, 0.2) is 0 Å². The Balaban J connectivity index is 2.47. The highest BCUT2D eigenvalue weighted by atomic mass is 14.7. The van der Waals surface area contributed by atoms with Gasteiger partial charge in [0.1, 0.15) is 0 Å². The van der Waals surface area contributed by atoms with Crippen LogP contribution >= 0.6 is 0 Å². The van der Waals surface area contributed by atoms with Crippen molar-refractivity contribution in [3.05, 3.63) is 35.4 Å². The van der Waals surface area contributed by atoms with E-state index in [-0.39, 0.29) is 0 Å². The Morgan fingerprint density at radius 1 is 1.10 bits per heavy atom. The van der Waals surface area contributed by atoms with Crippen molar-refractivity contribution in [3.8, 4) is 0 Å². The second-order valence-electron chi connectivity index (χ2n) is 2.50. The van der Waals surface area contributed by atoms with Gasteiger partial charge in [-0.25, -0.2) is 0 Å². The Hall–Kier alpha value is -1.11. The van der Waals surface area contributed by atoms with Gasteiger partial charge < -0.3 is 0 Å². The van der Waals surface area contributed by atoms with Gasteiger partial charge in [-0.15, -0.1) is 0 Å². The number of nitrogens with zero attached hydrogens (tertiary/aromatic N) is 1. The van der Waals surface area contributed by atoms with Crippen molar-refractivity contribution in [3.63, 3.8) is 0 Å². The standard InChI is InChI=1S/C9H9N/c1-2-4-9-7-10-6-5-8(9)3-1/h1-4,6H,5,7H2/q+1. The Labute approximate surface area is 60.4 Å². The van der Waals surface area contributed by atoms with Crippen molar-refractivity contribution < 1.29 is 0 Å². The van der Waals surface area contributed by atoms with Gasteiger partial charge in [0, 0.05) is 10.6 Å². The molecule has 0 unspecified atom stereocenters. The molecule has 0 spiro atoms. The number of hydrogen-bond donors (Lipinski definition) is 0. The van der Waals surface area contributed by atoms with E-state index in [1.807, 2.05) is 6.21 Å². The lowest BCUT2D eigenvalue weighted by molar-refractivity contribution is 0.919. The van der Waals surface area contributed by atoms with Crippen molar-refractivity contribution >= 4 is 6.21 Å². The number of benzene rings is 1. The molecule has 0 bridgehead atoms. The number of rotatable bonds is 0. The molecule has 0 fully saturated rings. The summed E-state index contributed by atoms with van der Waals surface area (Å²) in [6.45, 7) is 0.871. The predicted octanol–water partition coefficient (Wildman–Crippen LogP) is 1.15. The van der Waals surface area contributed by atoms with Gasteiger partial charge in [0.25, 0.3) is 0 Å². The van der Waals surface area contributed by atoms with Crippen LogP contribution in [0.5, 0.6) is 0 Å². The lowest BCUT2D eigenvalue weighted by atomic mass is 10.0. The zero-order valence-electron chi connectivity index (χ0n) is 5.75. The number of hydrogen-bond acceptors (Lipinski definition) is 1. The van der Waals surface area contributed by atoms with Crippen molar-refractivity contribution in [1.82, 2.24) is 4.99 Å². The molecule has 1 nitrogen and oxygen atoms in total. The summed E-state index contributed by atoms with van der Waals surface area (Å²) < 4.78 is 0. The third-order valence-electron chi connectivity index (χ3n) is 1.82. The van der Waals surface area contributed by atoms with Crippen LogP contribution in [0.1, 0.15) is 11.1 Å². The Bertz CT molecular complexity index is 236. The molecule has 0 N–H and O–H groups in total. The van der Waals surface area contributed by atoms with E-state index < -0.39 is 0 Å². The second kappa shape index (κ2) is 2.25. The van der Waals surface area contributed by atoms with Crippen LogP contribution < -0.4 is 4.99 Å². The average molecular weight is 131 g/mol. The third-order valence-corrected chi connectivity index (χ3v) is 1.82. The van der Waals surface area contributed by atoms with Gasteiger partial charge in [0.05, 0.1) is 6.42 Å². The summed E-state index contributed by atoms with van der Waals surface area (Å²) in [5.41, 5.74) is 2.81. The first-order valence-corrected chi connectivity index (χ1v) is 3.52. The summed E-state index contributed by atoms with van der Waals surface area (Å²) in [7, 11) is 0. The first-order chi connectivity index (χ1) is 4.97. The molecule has 1 heterocycles. The van der Waals surface area contributed by atoms with Gasteiger partial charge in [-0.05, 0) is 5.56 Å². The molecule has 1 aliphatic heterocycles. The van der Waals surface area contributed by atoms with E-state index in [2.05, 4.69) is 29.3 Å². The van der Waals surface area contributed by atoms with E-state index in [4.69, 9.17) is 0 Å². The zero-order valence-corrected chi connectivity index (χ0v) is 5.75. The van der Waals surface area contributed by atoms with E-state index in [1.165, 1.54) is 11.1 Å². The molecule has 0 atom stereocenters. The molecule has 1 aromatic carbocycles. The molecule has 0 aromatic heterocycles. The largest absolute Gasteiger partial charge is 0.235 e. The molecular weight excluding hydrogens is 122 g/mol. The summed E-state index contributed by atoms with van der Waals surface area (Å²) in [4.78, 5) is 4.19. The van der Waals surface area contributed by atoms with Crippen LogP contribution in [-0.2, 0) is 13.0 Å². The molecule has 0 amide bonds. The van der Waals surface area contributed by atoms with Crippen molar-refractivity contribution in [1.29, 1.82) is 0 Å². The van der Waals surface area contributed by atoms with Gasteiger partial charge >= 0.3 is 0 Å². The molecule has 1 radical (unpaired) electrons. The van der Waals surface area contributed by atoms with Crippen LogP contribution in [0.25, 0.3) is 0 Å². The molecule has 49 valence electrons. The van der Waals surface area contributed by atoms with E-state index in [0.29, 0.717) is 0 Å². The molecule has 1 aliphatic rings. The van der Waals surface area contributed by atoms with Crippen molar-refractivity contribution in [2.45, 2.75) is 13.0 Å². The Morgan fingerprint density at radius 2 is 1.90 bits per heavy atom. The minimum atomic E-state index is 0.871. The highest BCUT2D eigenvalue weighted by Gasteiger charge is 2.10. The maximum absolute atomic E-state index is 4.19. The van der Waals surface area contributed by atoms with Gasteiger partial charge in [-0.2, -0.15) is 0 Å². The second-order valence-corrected chi connectivity index (χ2v) is 2.50. The van der Waals surface area contributed by atoms with E-state index in [0.717, 1.165) is 13.0 Å². The van der Waals surface area contributed by atoms with Gasteiger partial charge in [-0.3, -0.25) is 0 Å². The minimum absolute atomic E-state index is 0.871. The summed E-state index contributed by atoms with van der Waals surface area (Å²) in [6, 6.07) is 8.46. The summed E-state index contributed by atoms with van der Waals surface area (Å²) in [6.07, 6.45) is 3.00. The normalized spacial score (nSPS) is 14.8. The summed E-state index contributed by atoms with van der Waals surface area (Å²) in [5.74, 6) is 0. The quantitative estimate of drug-likeness (QED) is 0.501. The SMILES string of the molecule is C1=[N+]Cc2ccccc2C1. The molecule has 0 saturated heterocycles. The maximum Gasteiger partial charge on any atom is 0.235 e. The zero-order chi connectivity index (χ0) is 6.81. The number of fused-ring (bicyclic) bond motifs is 1. The lowest BCUT2D eigenvalue weighted by Gasteiger charge is -2.00. The van der Waals surface area contributed by atoms with Crippen LogP contribution in [0, 0.1) is 0 Å². The van der Waals surface area contributed by atoms with Crippen LogP contribution in [-0.4, -0.2) is 6.21 Å². The molecule has 0 aliphatic carbocycles. The van der Waals surface area contributed by atoms with Gasteiger partial charge in [-0.1, -0.05) is 24.3 Å². The summed E-state index contributed by atoms with van der Waals surface area (Å²) >= 11 is 0. The molecule has 1 aromatic rings. The molecule has 2 rings (SSSR count). The van der Waals surface area contributed by atoms with Crippen LogP contribution in [0.4, 0.5) is 0 Å². The van der Waals surface area contributed by atoms with Crippen LogP contribution in [0.2, 0.25) is 0 Å². The molecular formula is C9H9N+. The third kappa shape index (κ3) is 0.838. The molecule has 10 heavy (non-hydrogen) atoms. The minimum Gasteiger partial charge on any atom is -0.0620 e. The highest BCUT2D eigenvalue weighted by molar-refractivity contribution is 5.63.